The van der Waals surface area contributed by atoms with Gasteiger partial charge < -0.3 is 21.1 Å². The van der Waals surface area contributed by atoms with Crippen LogP contribution in [0.4, 0.5) is 23.4 Å². The number of anilines is 1. The number of carbonyl (C=O) groups is 1. The number of nitrogen functional groups attached to an aromatic ring is 1. The van der Waals surface area contributed by atoms with Crippen molar-refractivity contribution < 1.29 is 27.5 Å². The summed E-state index contributed by atoms with van der Waals surface area (Å²) in [5.74, 6) is -3.16. The van der Waals surface area contributed by atoms with E-state index in [0.717, 1.165) is 6.07 Å². The zero-order valence-electron chi connectivity index (χ0n) is 18.6. The number of halogens is 4. The lowest BCUT2D eigenvalue weighted by atomic mass is 9.95. The highest BCUT2D eigenvalue weighted by atomic mass is 19.4. The van der Waals surface area contributed by atoms with Crippen molar-refractivity contribution in [2.24, 2.45) is 11.3 Å². The molecule has 0 bridgehead atoms. The Balaban J connectivity index is 2.07. The van der Waals surface area contributed by atoms with Crippen LogP contribution < -0.4 is 16.5 Å². The van der Waals surface area contributed by atoms with Crippen LogP contribution in [0.15, 0.2) is 28.6 Å². The average Bonchev–Trinajstić information content (AvgIpc) is 3.40. The standard InChI is InChI=1S/C23H25F4N3O3/c1-10-7-12(10)16(23(25,26)27)15-18(31)19(32)17(30-20(15)28)13-8-11(5-6-14(13)24)9-29-21(33)22(2,3)4/h5-6,8,10,32H,7,9H2,1-4H3,(H,29,33)(H3,28,30,31)/b16-12-. The predicted molar refractivity (Wildman–Crippen MR) is 117 cm³/mol. The third-order valence-electron chi connectivity index (χ3n) is 5.46. The van der Waals surface area contributed by atoms with Gasteiger partial charge in [-0.05, 0) is 30.0 Å². The minimum atomic E-state index is -4.86. The Morgan fingerprint density at radius 2 is 1.88 bits per heavy atom. The lowest BCUT2D eigenvalue weighted by Gasteiger charge is -2.18. The summed E-state index contributed by atoms with van der Waals surface area (Å²) in [7, 11) is 0. The smallest absolute Gasteiger partial charge is 0.417 e. The molecule has 33 heavy (non-hydrogen) atoms. The summed E-state index contributed by atoms with van der Waals surface area (Å²) >= 11 is 0. The second kappa shape index (κ2) is 8.24. The third-order valence-corrected chi connectivity index (χ3v) is 5.46. The first kappa shape index (κ1) is 24.3. The van der Waals surface area contributed by atoms with Crippen LogP contribution in [0.25, 0.3) is 16.8 Å². The number of aromatic hydroxyl groups is 1. The number of alkyl halides is 3. The van der Waals surface area contributed by atoms with Crippen molar-refractivity contribution in [3.8, 4) is 17.0 Å². The van der Waals surface area contributed by atoms with Gasteiger partial charge in [0, 0.05) is 17.5 Å². The van der Waals surface area contributed by atoms with E-state index in [2.05, 4.69) is 10.3 Å². The number of aromatic nitrogens is 1. The highest BCUT2D eigenvalue weighted by molar-refractivity contribution is 5.84. The number of hydrogen-bond acceptors (Lipinski definition) is 4. The van der Waals surface area contributed by atoms with Gasteiger partial charge >= 0.3 is 6.18 Å². The third kappa shape index (κ3) is 4.89. The molecule has 1 aromatic carbocycles. The summed E-state index contributed by atoms with van der Waals surface area (Å²) < 4.78 is 55.7. The summed E-state index contributed by atoms with van der Waals surface area (Å²) in [6, 6.07) is 3.73. The van der Waals surface area contributed by atoms with E-state index < -0.39 is 51.2 Å². The first-order valence-corrected chi connectivity index (χ1v) is 10.2. The number of benzene rings is 1. The number of nitrogens with two attached hydrogens (primary N) is 1. The fourth-order valence-electron chi connectivity index (χ4n) is 3.48. The Labute approximate surface area is 187 Å². The molecule has 1 saturated carbocycles. The highest BCUT2D eigenvalue weighted by Gasteiger charge is 2.45. The van der Waals surface area contributed by atoms with E-state index >= 15 is 0 Å². The molecule has 1 atom stereocenters. The van der Waals surface area contributed by atoms with Gasteiger partial charge in [-0.1, -0.05) is 39.3 Å². The summed E-state index contributed by atoms with van der Waals surface area (Å²) in [6.07, 6.45) is -4.70. The van der Waals surface area contributed by atoms with Gasteiger partial charge in [-0.15, -0.1) is 0 Å². The Morgan fingerprint density at radius 1 is 1.27 bits per heavy atom. The van der Waals surface area contributed by atoms with Crippen LogP contribution in [0.1, 0.15) is 45.2 Å². The largest absolute Gasteiger partial charge is 0.503 e. The first-order chi connectivity index (χ1) is 15.1. The topological polar surface area (TPSA) is 108 Å². The normalized spacial score (nSPS) is 17.6. The van der Waals surface area contributed by atoms with Gasteiger partial charge in [0.2, 0.25) is 11.3 Å². The lowest BCUT2D eigenvalue weighted by Crippen LogP contribution is -2.34. The van der Waals surface area contributed by atoms with Crippen molar-refractivity contribution in [3.05, 3.63) is 50.9 Å². The molecule has 0 aliphatic heterocycles. The number of nitrogens with one attached hydrogen (secondary N) is 2. The Bertz CT molecular complexity index is 1210. The van der Waals surface area contributed by atoms with Crippen LogP contribution in [0.5, 0.6) is 5.75 Å². The molecule has 1 aliphatic rings. The number of allylic oxidation sites excluding steroid dienone is 2. The Hall–Kier alpha value is -3.30. The van der Waals surface area contributed by atoms with Crippen LogP contribution >= 0.6 is 0 Å². The van der Waals surface area contributed by atoms with Gasteiger partial charge in [-0.3, -0.25) is 9.59 Å². The quantitative estimate of drug-likeness (QED) is 0.497. The lowest BCUT2D eigenvalue weighted by molar-refractivity contribution is -0.128. The van der Waals surface area contributed by atoms with Gasteiger partial charge in [0.1, 0.15) is 11.6 Å². The van der Waals surface area contributed by atoms with Gasteiger partial charge in [0.25, 0.3) is 0 Å². The molecule has 5 N–H and O–H groups in total. The average molecular weight is 467 g/mol. The van der Waals surface area contributed by atoms with E-state index in [9.17, 15) is 32.3 Å². The molecular formula is C23H25F4N3O3. The minimum absolute atomic E-state index is 0.0228. The van der Waals surface area contributed by atoms with Crippen LogP contribution in [-0.2, 0) is 11.3 Å². The maximum atomic E-state index is 14.6. The fourth-order valence-corrected chi connectivity index (χ4v) is 3.48. The molecule has 3 rings (SSSR count). The maximum Gasteiger partial charge on any atom is 0.417 e. The van der Waals surface area contributed by atoms with Crippen LogP contribution in [0.2, 0.25) is 0 Å². The van der Waals surface area contributed by atoms with E-state index in [-0.39, 0.29) is 35.9 Å². The van der Waals surface area contributed by atoms with E-state index in [1.165, 1.54) is 12.1 Å². The number of pyridine rings is 1. The zero-order valence-corrected chi connectivity index (χ0v) is 18.6. The van der Waals surface area contributed by atoms with E-state index in [4.69, 9.17) is 5.73 Å². The van der Waals surface area contributed by atoms with Gasteiger partial charge in [0.05, 0.1) is 16.8 Å². The molecule has 1 aliphatic carbocycles. The van der Waals surface area contributed by atoms with E-state index in [0.29, 0.717) is 5.56 Å². The second-order valence-electron chi connectivity index (χ2n) is 9.22. The maximum absolute atomic E-state index is 14.6. The first-order valence-electron chi connectivity index (χ1n) is 10.2. The molecule has 1 heterocycles. The Morgan fingerprint density at radius 3 is 2.39 bits per heavy atom. The van der Waals surface area contributed by atoms with Gasteiger partial charge in [-0.25, -0.2) is 4.39 Å². The number of H-pyrrole nitrogens is 1. The summed E-state index contributed by atoms with van der Waals surface area (Å²) in [5, 5.41) is 13.1. The van der Waals surface area contributed by atoms with Gasteiger partial charge in [-0.2, -0.15) is 13.2 Å². The number of carbonyl (C=O) groups excluding carboxylic acids is 1. The predicted octanol–water partition coefficient (Wildman–Crippen LogP) is 4.49. The molecule has 0 radical (unpaired) electrons. The molecule has 6 nitrogen and oxygen atoms in total. The number of amides is 1. The van der Waals surface area contributed by atoms with Crippen molar-refractivity contribution in [1.82, 2.24) is 10.3 Å². The Kier molecular flexibility index (Phi) is 6.08. The molecule has 0 spiro atoms. The molecule has 1 aromatic heterocycles. The molecule has 178 valence electrons. The molecule has 1 fully saturated rings. The molecule has 1 amide bonds. The SMILES string of the molecule is CC1C/C1=C(\c1c(N)[nH]c(-c2cc(CNC(=O)C(C)(C)C)ccc2F)c(O)c1=O)C(F)(F)F. The number of aromatic amines is 1. The van der Waals surface area contributed by atoms with Crippen molar-refractivity contribution in [1.29, 1.82) is 0 Å². The molecule has 0 saturated heterocycles. The minimum Gasteiger partial charge on any atom is -0.503 e. The monoisotopic (exact) mass is 467 g/mol. The number of hydrogen-bond donors (Lipinski definition) is 4. The fraction of sp³-hybridized carbons (Fsp3) is 0.391. The van der Waals surface area contributed by atoms with E-state index in [1.807, 2.05) is 0 Å². The second-order valence-corrected chi connectivity index (χ2v) is 9.22. The number of rotatable bonds is 4. The summed E-state index contributed by atoms with van der Waals surface area (Å²) in [6.45, 7) is 6.78. The molecule has 10 heteroatoms. The molecular weight excluding hydrogens is 442 g/mol. The van der Waals surface area contributed by atoms with Gasteiger partial charge in [0.15, 0.2) is 5.75 Å². The zero-order chi connectivity index (χ0) is 24.9. The van der Waals surface area contributed by atoms with E-state index in [1.54, 1.807) is 27.7 Å². The van der Waals surface area contributed by atoms with Crippen molar-refractivity contribution in [3.63, 3.8) is 0 Å². The molecule has 1 unspecified atom stereocenters. The summed E-state index contributed by atoms with van der Waals surface area (Å²) in [4.78, 5) is 27.2. The van der Waals surface area contributed by atoms with Crippen LogP contribution in [0, 0.1) is 17.2 Å². The summed E-state index contributed by atoms with van der Waals surface area (Å²) in [5.41, 5.74) is 1.49. The van der Waals surface area contributed by atoms with Crippen LogP contribution in [-0.4, -0.2) is 22.2 Å². The van der Waals surface area contributed by atoms with Crippen molar-refractivity contribution in [2.45, 2.75) is 46.8 Å². The highest BCUT2D eigenvalue weighted by Crippen LogP contribution is 2.49. The van der Waals surface area contributed by atoms with Crippen LogP contribution in [0.3, 0.4) is 0 Å². The molecule has 2 aromatic rings. The van der Waals surface area contributed by atoms with Crippen molar-refractivity contribution in [2.75, 3.05) is 5.73 Å². The van der Waals surface area contributed by atoms with Crippen molar-refractivity contribution >= 4 is 17.3 Å².